The maximum Gasteiger partial charge on any atom is 0.252 e. The normalized spacial score (nSPS) is 10.7. The predicted molar refractivity (Wildman–Crippen MR) is 95.9 cm³/mol. The molecule has 0 aliphatic heterocycles. The molecular weight excluding hydrogens is 405 g/mol. The molecule has 0 aliphatic rings. The van der Waals surface area contributed by atoms with Crippen molar-refractivity contribution in [2.24, 2.45) is 0 Å². The summed E-state index contributed by atoms with van der Waals surface area (Å²) in [5.74, 6) is -0.581. The zero-order chi connectivity index (χ0) is 18.5. The summed E-state index contributed by atoms with van der Waals surface area (Å²) >= 11 is 3.20. The smallest absolute Gasteiger partial charge is 0.252 e. The Morgan fingerprint density at radius 3 is 2.85 bits per heavy atom. The van der Waals surface area contributed by atoms with E-state index in [1.165, 1.54) is 12.1 Å². The summed E-state index contributed by atoms with van der Waals surface area (Å²) in [6.07, 6.45) is 1.91. The number of nitrogens with one attached hydrogen (secondary N) is 2. The standard InChI is InChI=1S/C17H15BrFN5O2/c18-13-5-4-11(19)9-12(13)17(26)20-7-6-16(25)21-10-15-23-22-14-3-1-2-8-24(14)15/h1-5,8-9H,6-7,10H2,(H,20,26)(H,21,25). The van der Waals surface area contributed by atoms with Crippen molar-refractivity contribution >= 4 is 33.4 Å². The van der Waals surface area contributed by atoms with Gasteiger partial charge >= 0.3 is 0 Å². The molecule has 0 saturated carbocycles. The van der Waals surface area contributed by atoms with E-state index in [4.69, 9.17) is 0 Å². The van der Waals surface area contributed by atoms with Gasteiger partial charge in [-0.1, -0.05) is 6.07 Å². The van der Waals surface area contributed by atoms with E-state index in [0.29, 0.717) is 15.9 Å². The number of hydrogen-bond acceptors (Lipinski definition) is 4. The number of aromatic nitrogens is 3. The van der Waals surface area contributed by atoms with Crippen LogP contribution >= 0.6 is 15.9 Å². The number of nitrogens with zero attached hydrogens (tertiary/aromatic N) is 3. The van der Waals surface area contributed by atoms with Gasteiger partial charge in [0.2, 0.25) is 5.91 Å². The Labute approximate surface area is 156 Å². The lowest BCUT2D eigenvalue weighted by Gasteiger charge is -2.07. The molecule has 3 rings (SSSR count). The molecule has 0 saturated heterocycles. The lowest BCUT2D eigenvalue weighted by Crippen LogP contribution is -2.31. The molecule has 2 heterocycles. The molecule has 3 aromatic rings. The molecule has 9 heteroatoms. The maximum absolute atomic E-state index is 13.2. The summed E-state index contributed by atoms with van der Waals surface area (Å²) in [5.41, 5.74) is 0.880. The van der Waals surface area contributed by atoms with Crippen molar-refractivity contribution in [2.45, 2.75) is 13.0 Å². The van der Waals surface area contributed by atoms with Crippen molar-refractivity contribution in [3.8, 4) is 0 Å². The Morgan fingerprint density at radius 2 is 2.00 bits per heavy atom. The second-order valence-electron chi connectivity index (χ2n) is 5.45. The van der Waals surface area contributed by atoms with Gasteiger partial charge in [-0.2, -0.15) is 0 Å². The van der Waals surface area contributed by atoms with E-state index >= 15 is 0 Å². The van der Waals surface area contributed by atoms with Gasteiger partial charge in [0.1, 0.15) is 5.82 Å². The predicted octanol–water partition coefficient (Wildman–Crippen LogP) is 2.07. The van der Waals surface area contributed by atoms with Crippen LogP contribution in [0.3, 0.4) is 0 Å². The van der Waals surface area contributed by atoms with Crippen LogP contribution in [0.2, 0.25) is 0 Å². The second kappa shape index (κ2) is 8.05. The number of carbonyl (C=O) groups is 2. The van der Waals surface area contributed by atoms with Crippen LogP contribution in [0.5, 0.6) is 0 Å². The van der Waals surface area contributed by atoms with E-state index in [0.717, 1.165) is 6.07 Å². The number of rotatable bonds is 6. The zero-order valence-electron chi connectivity index (χ0n) is 13.6. The first-order chi connectivity index (χ1) is 12.5. The molecule has 0 unspecified atom stereocenters. The van der Waals surface area contributed by atoms with E-state index in [2.05, 4.69) is 36.8 Å². The maximum atomic E-state index is 13.2. The van der Waals surface area contributed by atoms with Gasteiger partial charge in [0.05, 0.1) is 12.1 Å². The Balaban J connectivity index is 1.47. The highest BCUT2D eigenvalue weighted by atomic mass is 79.9. The van der Waals surface area contributed by atoms with Crippen LogP contribution in [0, 0.1) is 5.82 Å². The van der Waals surface area contributed by atoms with Gasteiger partial charge in [-0.25, -0.2) is 4.39 Å². The number of hydrogen-bond donors (Lipinski definition) is 2. The van der Waals surface area contributed by atoms with Gasteiger partial charge in [-0.05, 0) is 46.3 Å². The van der Waals surface area contributed by atoms with Crippen LogP contribution in [-0.4, -0.2) is 33.0 Å². The van der Waals surface area contributed by atoms with Gasteiger partial charge in [0.15, 0.2) is 11.5 Å². The number of pyridine rings is 1. The minimum absolute atomic E-state index is 0.0927. The average Bonchev–Trinajstić information content (AvgIpc) is 3.05. The van der Waals surface area contributed by atoms with Crippen molar-refractivity contribution in [3.05, 3.63) is 64.3 Å². The molecule has 0 spiro atoms. The SMILES string of the molecule is O=C(CCNC(=O)c1cc(F)ccc1Br)NCc1nnc2ccccn12. The lowest BCUT2D eigenvalue weighted by atomic mass is 10.2. The number of amides is 2. The number of halogens is 2. The van der Waals surface area contributed by atoms with Gasteiger partial charge in [-0.3, -0.25) is 14.0 Å². The molecule has 2 amide bonds. The summed E-state index contributed by atoms with van der Waals surface area (Å²) in [5, 5.41) is 13.3. The van der Waals surface area contributed by atoms with Crippen LogP contribution in [0.4, 0.5) is 4.39 Å². The quantitative estimate of drug-likeness (QED) is 0.639. The van der Waals surface area contributed by atoms with E-state index in [1.807, 2.05) is 24.4 Å². The first kappa shape index (κ1) is 18.0. The van der Waals surface area contributed by atoms with Gasteiger partial charge in [-0.15, -0.1) is 10.2 Å². The topological polar surface area (TPSA) is 88.4 Å². The molecule has 7 nitrogen and oxygen atoms in total. The molecular formula is C17H15BrFN5O2. The van der Waals surface area contributed by atoms with Crippen LogP contribution in [0.15, 0.2) is 47.1 Å². The molecule has 0 aliphatic carbocycles. The van der Waals surface area contributed by atoms with Crippen molar-refractivity contribution in [1.29, 1.82) is 0 Å². The highest BCUT2D eigenvalue weighted by Crippen LogP contribution is 2.17. The fraction of sp³-hybridized carbons (Fsp3) is 0.176. The highest BCUT2D eigenvalue weighted by molar-refractivity contribution is 9.10. The number of benzene rings is 1. The highest BCUT2D eigenvalue weighted by Gasteiger charge is 2.12. The molecule has 0 radical (unpaired) electrons. The van der Waals surface area contributed by atoms with E-state index in [9.17, 15) is 14.0 Å². The summed E-state index contributed by atoms with van der Waals surface area (Å²) in [6.45, 7) is 0.363. The van der Waals surface area contributed by atoms with Crippen molar-refractivity contribution in [3.63, 3.8) is 0 Å². The van der Waals surface area contributed by atoms with Gasteiger partial charge in [0.25, 0.3) is 5.91 Å². The summed E-state index contributed by atoms with van der Waals surface area (Å²) in [7, 11) is 0. The van der Waals surface area contributed by atoms with Crippen LogP contribution in [0.1, 0.15) is 22.6 Å². The van der Waals surface area contributed by atoms with Crippen molar-refractivity contribution in [1.82, 2.24) is 25.2 Å². The number of fused-ring (bicyclic) bond motifs is 1. The van der Waals surface area contributed by atoms with E-state index < -0.39 is 11.7 Å². The molecule has 2 aromatic heterocycles. The third-order valence-corrected chi connectivity index (χ3v) is 4.33. The molecule has 2 N–H and O–H groups in total. The third-order valence-electron chi connectivity index (χ3n) is 3.64. The first-order valence-corrected chi connectivity index (χ1v) is 8.62. The largest absolute Gasteiger partial charge is 0.351 e. The Morgan fingerprint density at radius 1 is 1.15 bits per heavy atom. The average molecular weight is 420 g/mol. The molecule has 0 fully saturated rings. The molecule has 1 aromatic carbocycles. The number of carbonyl (C=O) groups excluding carboxylic acids is 2. The Hall–Kier alpha value is -2.81. The van der Waals surface area contributed by atoms with Crippen LogP contribution in [-0.2, 0) is 11.3 Å². The monoisotopic (exact) mass is 419 g/mol. The Bertz CT molecular complexity index is 959. The fourth-order valence-electron chi connectivity index (χ4n) is 2.33. The lowest BCUT2D eigenvalue weighted by molar-refractivity contribution is -0.121. The summed E-state index contributed by atoms with van der Waals surface area (Å²) in [4.78, 5) is 24.0. The summed E-state index contributed by atoms with van der Waals surface area (Å²) in [6, 6.07) is 9.37. The molecule has 0 bridgehead atoms. The van der Waals surface area contributed by atoms with Crippen molar-refractivity contribution in [2.75, 3.05) is 6.54 Å². The minimum atomic E-state index is -0.503. The molecule has 134 valence electrons. The first-order valence-electron chi connectivity index (χ1n) is 7.83. The van der Waals surface area contributed by atoms with Gasteiger partial charge < -0.3 is 10.6 Å². The minimum Gasteiger partial charge on any atom is -0.351 e. The third kappa shape index (κ3) is 4.23. The molecule has 0 atom stereocenters. The summed E-state index contributed by atoms with van der Waals surface area (Å²) < 4.78 is 15.5. The Kier molecular flexibility index (Phi) is 5.57. The van der Waals surface area contributed by atoms with E-state index in [-0.39, 0.29) is 31.0 Å². The van der Waals surface area contributed by atoms with E-state index in [1.54, 1.807) is 4.40 Å². The second-order valence-corrected chi connectivity index (χ2v) is 6.31. The van der Waals surface area contributed by atoms with Crippen LogP contribution < -0.4 is 10.6 Å². The van der Waals surface area contributed by atoms with Crippen molar-refractivity contribution < 1.29 is 14.0 Å². The van der Waals surface area contributed by atoms with Crippen LogP contribution in [0.25, 0.3) is 5.65 Å². The van der Waals surface area contributed by atoms with Gasteiger partial charge in [0, 0.05) is 23.6 Å². The molecule has 26 heavy (non-hydrogen) atoms. The fourth-order valence-corrected chi connectivity index (χ4v) is 2.76. The zero-order valence-corrected chi connectivity index (χ0v) is 15.2.